The zero-order valence-electron chi connectivity index (χ0n) is 15.8. The zero-order valence-corrected chi connectivity index (χ0v) is 15.8. The molecule has 0 saturated carbocycles. The number of fused-ring (bicyclic) bond motifs is 1. The maximum Gasteiger partial charge on any atom is 0.258 e. The van der Waals surface area contributed by atoms with Crippen LogP contribution >= 0.6 is 0 Å². The number of rotatable bonds is 5. The van der Waals surface area contributed by atoms with E-state index in [0.717, 1.165) is 11.3 Å². The van der Waals surface area contributed by atoms with Crippen LogP contribution in [-0.4, -0.2) is 37.4 Å². The number of hydrogen-bond donors (Lipinski definition) is 1. The molecule has 29 heavy (non-hydrogen) atoms. The van der Waals surface area contributed by atoms with E-state index in [9.17, 15) is 9.59 Å². The van der Waals surface area contributed by atoms with E-state index in [1.165, 1.54) is 11.0 Å². The second-order valence-electron chi connectivity index (χ2n) is 6.62. The van der Waals surface area contributed by atoms with E-state index in [-0.39, 0.29) is 18.0 Å². The summed E-state index contributed by atoms with van der Waals surface area (Å²) < 4.78 is 1.91. The minimum atomic E-state index is -0.208. The van der Waals surface area contributed by atoms with Crippen LogP contribution in [0.1, 0.15) is 11.4 Å². The van der Waals surface area contributed by atoms with E-state index in [1.807, 2.05) is 41.1 Å². The fourth-order valence-electron chi connectivity index (χ4n) is 2.98. The van der Waals surface area contributed by atoms with E-state index in [0.29, 0.717) is 16.7 Å². The van der Waals surface area contributed by atoms with Gasteiger partial charge in [-0.3, -0.25) is 9.59 Å². The van der Waals surface area contributed by atoms with Gasteiger partial charge in [0.15, 0.2) is 0 Å². The standard InChI is InChI=1S/C22H19N5O2/c1-26(14-20-24-19-5-3-2-4-18(19)22(29)25-20)21(28)11-8-16-6-9-17(10-7-16)27-13-12-23-15-27/h2-13,15H,14H2,1H3,(H,24,25,29)/b11-8+. The Bertz CT molecular complexity index is 1220. The third kappa shape index (κ3) is 4.14. The van der Waals surface area contributed by atoms with Crippen molar-refractivity contribution in [3.05, 3.63) is 95.1 Å². The Hall–Kier alpha value is -4.00. The smallest absolute Gasteiger partial charge is 0.258 e. The van der Waals surface area contributed by atoms with Crippen molar-refractivity contribution in [3.63, 3.8) is 0 Å². The summed E-state index contributed by atoms with van der Waals surface area (Å²) >= 11 is 0. The van der Waals surface area contributed by atoms with Crippen LogP contribution in [0.2, 0.25) is 0 Å². The van der Waals surface area contributed by atoms with E-state index in [4.69, 9.17) is 0 Å². The molecule has 1 N–H and O–H groups in total. The van der Waals surface area contributed by atoms with Gasteiger partial charge < -0.3 is 14.5 Å². The lowest BCUT2D eigenvalue weighted by Crippen LogP contribution is -2.26. The molecule has 7 nitrogen and oxygen atoms in total. The van der Waals surface area contributed by atoms with Crippen molar-refractivity contribution in [1.82, 2.24) is 24.4 Å². The van der Waals surface area contributed by atoms with Gasteiger partial charge in [-0.15, -0.1) is 0 Å². The Labute approximate surface area is 167 Å². The molecule has 0 radical (unpaired) electrons. The normalized spacial score (nSPS) is 11.2. The first-order valence-electron chi connectivity index (χ1n) is 9.10. The Kier molecular flexibility index (Phi) is 5.03. The molecule has 2 aromatic carbocycles. The number of nitrogens with zero attached hydrogens (tertiary/aromatic N) is 4. The number of nitrogens with one attached hydrogen (secondary N) is 1. The summed E-state index contributed by atoms with van der Waals surface area (Å²) in [5.74, 6) is 0.266. The first-order chi connectivity index (χ1) is 14.1. The maximum absolute atomic E-state index is 12.4. The predicted octanol–water partition coefficient (Wildman–Crippen LogP) is 2.78. The van der Waals surface area contributed by atoms with Crippen molar-refractivity contribution in [2.24, 2.45) is 0 Å². The first-order valence-corrected chi connectivity index (χ1v) is 9.10. The molecule has 0 saturated heterocycles. The van der Waals surface area contributed by atoms with Crippen molar-refractivity contribution in [2.75, 3.05) is 7.05 Å². The third-order valence-corrected chi connectivity index (χ3v) is 4.54. The minimum Gasteiger partial charge on any atom is -0.335 e. The molecule has 0 unspecified atom stereocenters. The molecule has 4 rings (SSSR count). The van der Waals surface area contributed by atoms with Gasteiger partial charge in [0.05, 0.1) is 23.8 Å². The van der Waals surface area contributed by atoms with Gasteiger partial charge in [-0.2, -0.15) is 0 Å². The summed E-state index contributed by atoms with van der Waals surface area (Å²) in [6.07, 6.45) is 8.58. The van der Waals surface area contributed by atoms with Gasteiger partial charge in [0.2, 0.25) is 5.91 Å². The molecule has 0 aliphatic heterocycles. The molecule has 0 bridgehead atoms. The molecule has 0 fully saturated rings. The first kappa shape index (κ1) is 18.4. The number of H-pyrrole nitrogens is 1. The van der Waals surface area contributed by atoms with Crippen LogP contribution in [0, 0.1) is 0 Å². The summed E-state index contributed by atoms with van der Waals surface area (Å²) in [7, 11) is 1.67. The quantitative estimate of drug-likeness (QED) is 0.536. The number of imidazole rings is 1. The van der Waals surface area contributed by atoms with Gasteiger partial charge in [0, 0.05) is 31.2 Å². The summed E-state index contributed by atoms with van der Waals surface area (Å²) in [5, 5.41) is 0.532. The molecule has 0 atom stereocenters. The Morgan fingerprint density at radius 2 is 1.97 bits per heavy atom. The van der Waals surface area contributed by atoms with Crippen molar-refractivity contribution in [1.29, 1.82) is 0 Å². The molecular weight excluding hydrogens is 366 g/mol. The van der Waals surface area contributed by atoms with Crippen molar-refractivity contribution in [3.8, 4) is 5.69 Å². The zero-order chi connectivity index (χ0) is 20.2. The lowest BCUT2D eigenvalue weighted by molar-refractivity contribution is -0.125. The summed E-state index contributed by atoms with van der Waals surface area (Å²) in [4.78, 5) is 37.3. The number of hydrogen-bond acceptors (Lipinski definition) is 4. The van der Waals surface area contributed by atoms with Crippen LogP contribution in [0.3, 0.4) is 0 Å². The Balaban J connectivity index is 1.43. The SMILES string of the molecule is CN(Cc1nc2ccccc2c(=O)[nH]1)C(=O)/C=C/c1ccc(-n2ccnc2)cc1. The largest absolute Gasteiger partial charge is 0.335 e. The highest BCUT2D eigenvalue weighted by molar-refractivity contribution is 5.91. The van der Waals surface area contributed by atoms with Crippen LogP contribution in [0.15, 0.2) is 78.1 Å². The molecule has 0 aliphatic rings. The lowest BCUT2D eigenvalue weighted by Gasteiger charge is -2.14. The average Bonchev–Trinajstić information content (AvgIpc) is 3.27. The highest BCUT2D eigenvalue weighted by Gasteiger charge is 2.09. The highest BCUT2D eigenvalue weighted by Crippen LogP contribution is 2.11. The number of likely N-dealkylation sites (N-methyl/N-ethyl adjacent to an activating group) is 1. The number of benzene rings is 2. The van der Waals surface area contributed by atoms with Crippen LogP contribution in [-0.2, 0) is 11.3 Å². The van der Waals surface area contributed by atoms with E-state index in [1.54, 1.807) is 43.8 Å². The molecule has 144 valence electrons. The number of carbonyl (C=O) groups excluding carboxylic acids is 1. The van der Waals surface area contributed by atoms with Crippen molar-refractivity contribution < 1.29 is 4.79 Å². The Morgan fingerprint density at radius 3 is 2.72 bits per heavy atom. The Morgan fingerprint density at radius 1 is 1.17 bits per heavy atom. The molecular formula is C22H19N5O2. The highest BCUT2D eigenvalue weighted by atomic mass is 16.2. The van der Waals surface area contributed by atoms with Gasteiger partial charge in [0.1, 0.15) is 5.82 Å². The second-order valence-corrected chi connectivity index (χ2v) is 6.62. The van der Waals surface area contributed by atoms with Crippen LogP contribution in [0.5, 0.6) is 0 Å². The number of aromatic amines is 1. The minimum absolute atomic E-state index is 0.181. The summed E-state index contributed by atoms with van der Waals surface area (Å²) in [6.45, 7) is 0.211. The fourth-order valence-corrected chi connectivity index (χ4v) is 2.98. The number of amides is 1. The summed E-state index contributed by atoms with van der Waals surface area (Å²) in [5.41, 5.74) is 2.31. The van der Waals surface area contributed by atoms with E-state index >= 15 is 0 Å². The molecule has 2 heterocycles. The molecule has 2 aromatic heterocycles. The second kappa shape index (κ2) is 7.93. The summed E-state index contributed by atoms with van der Waals surface area (Å²) in [6, 6.07) is 14.9. The average molecular weight is 385 g/mol. The van der Waals surface area contributed by atoms with Gasteiger partial charge in [0.25, 0.3) is 5.56 Å². The third-order valence-electron chi connectivity index (χ3n) is 4.54. The van der Waals surface area contributed by atoms with Gasteiger partial charge in [-0.25, -0.2) is 9.97 Å². The monoisotopic (exact) mass is 385 g/mol. The van der Waals surface area contributed by atoms with Crippen molar-refractivity contribution in [2.45, 2.75) is 6.54 Å². The van der Waals surface area contributed by atoms with Gasteiger partial charge >= 0.3 is 0 Å². The molecule has 0 aliphatic carbocycles. The lowest BCUT2D eigenvalue weighted by atomic mass is 10.2. The van der Waals surface area contributed by atoms with Crippen LogP contribution < -0.4 is 5.56 Å². The molecule has 4 aromatic rings. The van der Waals surface area contributed by atoms with Gasteiger partial charge in [-0.05, 0) is 35.9 Å². The van der Waals surface area contributed by atoms with E-state index < -0.39 is 0 Å². The molecule has 1 amide bonds. The number of aromatic nitrogens is 4. The number of carbonyl (C=O) groups is 1. The number of para-hydroxylation sites is 1. The fraction of sp³-hybridized carbons (Fsp3) is 0.0909. The van der Waals surface area contributed by atoms with E-state index in [2.05, 4.69) is 15.0 Å². The molecule has 0 spiro atoms. The van der Waals surface area contributed by atoms with Crippen LogP contribution in [0.25, 0.3) is 22.7 Å². The molecule has 7 heteroatoms. The van der Waals surface area contributed by atoms with Crippen molar-refractivity contribution >= 4 is 22.9 Å². The topological polar surface area (TPSA) is 83.9 Å². The predicted molar refractivity (Wildman–Crippen MR) is 111 cm³/mol. The van der Waals surface area contributed by atoms with Gasteiger partial charge in [-0.1, -0.05) is 24.3 Å². The van der Waals surface area contributed by atoms with Crippen LogP contribution in [0.4, 0.5) is 0 Å². The maximum atomic E-state index is 12.4.